The molecule has 1 amide bonds. The van der Waals surface area contributed by atoms with Gasteiger partial charge in [0.1, 0.15) is 5.00 Å². The number of nitrogens with one attached hydrogen (secondary N) is 2. The number of anilines is 2. The lowest BCUT2D eigenvalue weighted by Crippen LogP contribution is -2.23. The molecular formula is C24H30N2O5S. The number of thiophene rings is 1. The number of hydrogen-bond acceptors (Lipinski definition) is 7. The zero-order valence-electron chi connectivity index (χ0n) is 18.8. The number of rotatable bonds is 9. The van der Waals surface area contributed by atoms with E-state index in [9.17, 15) is 14.4 Å². The molecule has 2 N–H and O–H groups in total. The fraction of sp³-hybridized carbons (Fsp3) is 0.458. The average molecular weight is 459 g/mol. The van der Waals surface area contributed by atoms with E-state index in [1.165, 1.54) is 11.3 Å². The minimum atomic E-state index is -0.391. The van der Waals surface area contributed by atoms with Gasteiger partial charge in [-0.2, -0.15) is 0 Å². The molecule has 1 atom stereocenters. The van der Waals surface area contributed by atoms with E-state index in [-0.39, 0.29) is 25.0 Å². The predicted molar refractivity (Wildman–Crippen MR) is 126 cm³/mol. The normalized spacial score (nSPS) is 14.9. The number of hydrogen-bond donors (Lipinski definition) is 2. The lowest BCUT2D eigenvalue weighted by molar-refractivity contribution is -0.114. The minimum absolute atomic E-state index is 0.00526. The summed E-state index contributed by atoms with van der Waals surface area (Å²) in [5.74, 6) is -0.502. The zero-order valence-corrected chi connectivity index (χ0v) is 19.6. The molecule has 3 rings (SSSR count). The Morgan fingerprint density at radius 2 is 1.97 bits per heavy atom. The summed E-state index contributed by atoms with van der Waals surface area (Å²) in [6.45, 7) is 6.54. The summed E-state index contributed by atoms with van der Waals surface area (Å²) >= 11 is 1.46. The molecule has 0 spiro atoms. The highest BCUT2D eigenvalue weighted by molar-refractivity contribution is 7.17. The molecule has 0 aliphatic heterocycles. The number of ether oxygens (including phenoxy) is 2. The highest BCUT2D eigenvalue weighted by atomic mass is 32.1. The van der Waals surface area contributed by atoms with Crippen LogP contribution in [-0.4, -0.2) is 37.6 Å². The summed E-state index contributed by atoms with van der Waals surface area (Å²) < 4.78 is 10.4. The number of fused-ring (bicyclic) bond motifs is 1. The Hall–Kier alpha value is -2.87. The maximum atomic E-state index is 12.6. The molecule has 172 valence electrons. The van der Waals surface area contributed by atoms with Gasteiger partial charge in [-0.25, -0.2) is 9.59 Å². The van der Waals surface area contributed by atoms with Gasteiger partial charge in [0.15, 0.2) is 0 Å². The molecule has 1 heterocycles. The topological polar surface area (TPSA) is 93.7 Å². The van der Waals surface area contributed by atoms with Crippen molar-refractivity contribution in [2.75, 3.05) is 30.4 Å². The Kier molecular flexibility index (Phi) is 8.27. The maximum Gasteiger partial charge on any atom is 0.341 e. The Morgan fingerprint density at radius 3 is 2.72 bits per heavy atom. The van der Waals surface area contributed by atoms with Crippen LogP contribution in [0.15, 0.2) is 24.3 Å². The van der Waals surface area contributed by atoms with Crippen molar-refractivity contribution in [2.24, 2.45) is 5.92 Å². The second-order valence-electron chi connectivity index (χ2n) is 7.89. The smallest absolute Gasteiger partial charge is 0.341 e. The van der Waals surface area contributed by atoms with E-state index in [0.29, 0.717) is 34.3 Å². The van der Waals surface area contributed by atoms with Crippen LogP contribution >= 0.6 is 11.3 Å². The third-order valence-corrected chi connectivity index (χ3v) is 6.40. The van der Waals surface area contributed by atoms with E-state index in [1.54, 1.807) is 31.2 Å². The van der Waals surface area contributed by atoms with Crippen LogP contribution in [0.4, 0.5) is 10.7 Å². The summed E-state index contributed by atoms with van der Waals surface area (Å²) in [5, 5.41) is 6.46. The van der Waals surface area contributed by atoms with Crippen molar-refractivity contribution in [3.05, 3.63) is 45.8 Å². The molecular weight excluding hydrogens is 428 g/mol. The van der Waals surface area contributed by atoms with Gasteiger partial charge in [0.05, 0.1) is 30.9 Å². The Labute approximate surface area is 192 Å². The summed E-state index contributed by atoms with van der Waals surface area (Å²) in [7, 11) is 0. The van der Waals surface area contributed by atoms with E-state index in [1.807, 2.05) is 6.92 Å². The van der Waals surface area contributed by atoms with Crippen molar-refractivity contribution >= 4 is 39.9 Å². The molecule has 1 aromatic carbocycles. The third-order valence-electron chi connectivity index (χ3n) is 5.23. The highest BCUT2D eigenvalue weighted by Crippen LogP contribution is 2.40. The monoisotopic (exact) mass is 458 g/mol. The van der Waals surface area contributed by atoms with Gasteiger partial charge in [-0.3, -0.25) is 4.79 Å². The van der Waals surface area contributed by atoms with Gasteiger partial charge in [0, 0.05) is 10.6 Å². The Balaban J connectivity index is 1.68. The summed E-state index contributed by atoms with van der Waals surface area (Å²) in [4.78, 5) is 38.4. The second-order valence-corrected chi connectivity index (χ2v) is 9.00. The van der Waals surface area contributed by atoms with Crippen LogP contribution in [-0.2, 0) is 27.1 Å². The Bertz CT molecular complexity index is 985. The molecule has 0 bridgehead atoms. The van der Waals surface area contributed by atoms with Gasteiger partial charge in [0.25, 0.3) is 0 Å². The standard InChI is InChI=1S/C24H30N2O5S/c1-4-11-31-23(28)16-7-6-8-17(13-16)25-14-20(27)26-22-21(24(29)30-5-2)18-10-9-15(3)12-19(18)32-22/h6-8,13,15,25H,4-5,9-12,14H2,1-3H3,(H,26,27). The molecule has 0 saturated heterocycles. The van der Waals surface area contributed by atoms with Crippen LogP contribution < -0.4 is 10.6 Å². The van der Waals surface area contributed by atoms with Crippen LogP contribution in [0.1, 0.15) is 64.8 Å². The van der Waals surface area contributed by atoms with Gasteiger partial charge in [-0.1, -0.05) is 19.9 Å². The number of esters is 2. The Morgan fingerprint density at radius 1 is 1.16 bits per heavy atom. The van der Waals surface area contributed by atoms with Crippen LogP contribution in [0.3, 0.4) is 0 Å². The van der Waals surface area contributed by atoms with Gasteiger partial charge >= 0.3 is 11.9 Å². The molecule has 0 saturated carbocycles. The maximum absolute atomic E-state index is 12.6. The first-order valence-electron chi connectivity index (χ1n) is 11.0. The average Bonchev–Trinajstić information content (AvgIpc) is 3.13. The summed E-state index contributed by atoms with van der Waals surface area (Å²) in [6, 6.07) is 6.84. The number of amides is 1. The summed E-state index contributed by atoms with van der Waals surface area (Å²) in [5.41, 5.74) is 2.56. The largest absolute Gasteiger partial charge is 0.462 e. The molecule has 1 aliphatic carbocycles. The molecule has 2 aromatic rings. The highest BCUT2D eigenvalue weighted by Gasteiger charge is 2.29. The first-order chi connectivity index (χ1) is 15.4. The van der Waals surface area contributed by atoms with Gasteiger partial charge in [-0.05, 0) is 62.3 Å². The second kappa shape index (κ2) is 11.1. The van der Waals surface area contributed by atoms with E-state index in [0.717, 1.165) is 36.1 Å². The molecule has 1 unspecified atom stereocenters. The van der Waals surface area contributed by atoms with Crippen molar-refractivity contribution in [3.63, 3.8) is 0 Å². The number of benzene rings is 1. The molecule has 7 nitrogen and oxygen atoms in total. The SMILES string of the molecule is CCCOC(=O)c1cccc(NCC(=O)Nc2sc3c(c2C(=O)OCC)CCC(C)C3)c1. The predicted octanol–water partition coefficient (Wildman–Crippen LogP) is 4.67. The lowest BCUT2D eigenvalue weighted by Gasteiger charge is -2.18. The molecule has 8 heteroatoms. The van der Waals surface area contributed by atoms with Crippen LogP contribution in [0, 0.1) is 5.92 Å². The lowest BCUT2D eigenvalue weighted by atomic mass is 9.88. The van der Waals surface area contributed by atoms with Crippen molar-refractivity contribution in [2.45, 2.75) is 46.5 Å². The molecule has 32 heavy (non-hydrogen) atoms. The van der Waals surface area contributed by atoms with Crippen molar-refractivity contribution in [1.29, 1.82) is 0 Å². The van der Waals surface area contributed by atoms with Crippen molar-refractivity contribution in [3.8, 4) is 0 Å². The van der Waals surface area contributed by atoms with Gasteiger partial charge < -0.3 is 20.1 Å². The molecule has 1 aliphatic rings. The first kappa shape index (κ1) is 23.8. The van der Waals surface area contributed by atoms with Gasteiger partial charge in [-0.15, -0.1) is 11.3 Å². The van der Waals surface area contributed by atoms with Crippen molar-refractivity contribution in [1.82, 2.24) is 0 Å². The zero-order chi connectivity index (χ0) is 23.1. The molecule has 1 aromatic heterocycles. The van der Waals surface area contributed by atoms with Crippen LogP contribution in [0.2, 0.25) is 0 Å². The van der Waals surface area contributed by atoms with E-state index < -0.39 is 5.97 Å². The fourth-order valence-electron chi connectivity index (χ4n) is 3.65. The fourth-order valence-corrected chi connectivity index (χ4v) is 5.06. The van der Waals surface area contributed by atoms with E-state index in [2.05, 4.69) is 17.6 Å². The van der Waals surface area contributed by atoms with E-state index in [4.69, 9.17) is 9.47 Å². The quantitative estimate of drug-likeness (QED) is 0.531. The third kappa shape index (κ3) is 5.88. The van der Waals surface area contributed by atoms with Gasteiger partial charge in [0.2, 0.25) is 5.91 Å². The minimum Gasteiger partial charge on any atom is -0.462 e. The van der Waals surface area contributed by atoms with Crippen LogP contribution in [0.25, 0.3) is 0 Å². The molecule has 0 radical (unpaired) electrons. The number of carbonyl (C=O) groups is 3. The summed E-state index contributed by atoms with van der Waals surface area (Å²) in [6.07, 6.45) is 3.49. The van der Waals surface area contributed by atoms with Crippen LogP contribution in [0.5, 0.6) is 0 Å². The first-order valence-corrected chi connectivity index (χ1v) is 11.9. The van der Waals surface area contributed by atoms with Crippen molar-refractivity contribution < 1.29 is 23.9 Å². The van der Waals surface area contributed by atoms with E-state index >= 15 is 0 Å². The molecule has 0 fully saturated rings. The number of carbonyl (C=O) groups excluding carboxylic acids is 3.